The fourth-order valence-corrected chi connectivity index (χ4v) is 1.91. The summed E-state index contributed by atoms with van der Waals surface area (Å²) in [6, 6.07) is 16.4. The fourth-order valence-electron chi connectivity index (χ4n) is 1.91. The van der Waals surface area contributed by atoms with Crippen LogP contribution in [0.15, 0.2) is 54.6 Å². The van der Waals surface area contributed by atoms with Gasteiger partial charge in [-0.1, -0.05) is 30.3 Å². The van der Waals surface area contributed by atoms with Crippen LogP contribution < -0.4 is 4.74 Å². The van der Waals surface area contributed by atoms with Crippen molar-refractivity contribution in [3.05, 3.63) is 60.2 Å². The molecule has 0 aliphatic carbocycles. The summed E-state index contributed by atoms with van der Waals surface area (Å²) in [5.74, 6) is 0.913. The molecule has 2 rings (SSSR count). The SMILES string of the molecule is CCOC(=O)CC(O)c1cccc(Oc2ccccc2)c1. The zero-order valence-corrected chi connectivity index (χ0v) is 11.9. The summed E-state index contributed by atoms with van der Waals surface area (Å²) >= 11 is 0. The van der Waals surface area contributed by atoms with E-state index in [2.05, 4.69) is 0 Å². The van der Waals surface area contributed by atoms with Crippen molar-refractivity contribution in [2.75, 3.05) is 6.61 Å². The highest BCUT2D eigenvalue weighted by molar-refractivity contribution is 5.70. The first-order valence-electron chi connectivity index (χ1n) is 6.85. The average Bonchev–Trinajstić information content (AvgIpc) is 2.49. The topological polar surface area (TPSA) is 55.8 Å². The summed E-state index contributed by atoms with van der Waals surface area (Å²) in [4.78, 5) is 11.4. The van der Waals surface area contributed by atoms with Crippen LogP contribution in [-0.2, 0) is 9.53 Å². The minimum absolute atomic E-state index is 0.0668. The second kappa shape index (κ2) is 7.45. The van der Waals surface area contributed by atoms with Gasteiger partial charge in [0.25, 0.3) is 0 Å². The first-order valence-corrected chi connectivity index (χ1v) is 6.85. The normalized spacial score (nSPS) is 11.7. The van der Waals surface area contributed by atoms with Crippen molar-refractivity contribution < 1.29 is 19.4 Å². The van der Waals surface area contributed by atoms with Gasteiger partial charge in [-0.2, -0.15) is 0 Å². The van der Waals surface area contributed by atoms with Crippen molar-refractivity contribution in [1.29, 1.82) is 0 Å². The molecule has 0 spiro atoms. The Kier molecular flexibility index (Phi) is 5.35. The first kappa shape index (κ1) is 15.1. The highest BCUT2D eigenvalue weighted by Gasteiger charge is 2.14. The zero-order chi connectivity index (χ0) is 15.1. The number of para-hydroxylation sites is 1. The Labute approximate surface area is 123 Å². The number of esters is 1. The summed E-state index contributed by atoms with van der Waals surface area (Å²) in [7, 11) is 0. The molecule has 0 aromatic heterocycles. The minimum atomic E-state index is -0.900. The number of carbonyl (C=O) groups excluding carboxylic acids is 1. The Morgan fingerprint density at radius 2 is 1.81 bits per heavy atom. The van der Waals surface area contributed by atoms with Gasteiger partial charge in [0.1, 0.15) is 11.5 Å². The van der Waals surface area contributed by atoms with Gasteiger partial charge in [-0.25, -0.2) is 0 Å². The largest absolute Gasteiger partial charge is 0.466 e. The third kappa shape index (κ3) is 4.61. The van der Waals surface area contributed by atoms with E-state index in [-0.39, 0.29) is 6.42 Å². The Morgan fingerprint density at radius 1 is 1.10 bits per heavy atom. The maximum absolute atomic E-state index is 11.4. The molecule has 0 saturated carbocycles. The molecule has 2 aromatic rings. The number of ether oxygens (including phenoxy) is 2. The van der Waals surface area contributed by atoms with E-state index in [0.29, 0.717) is 17.9 Å². The van der Waals surface area contributed by atoms with Crippen molar-refractivity contribution >= 4 is 5.97 Å². The van der Waals surface area contributed by atoms with Gasteiger partial charge in [0.15, 0.2) is 0 Å². The Morgan fingerprint density at radius 3 is 2.52 bits per heavy atom. The summed E-state index contributed by atoms with van der Waals surface area (Å²) in [5, 5.41) is 10.1. The highest BCUT2D eigenvalue weighted by atomic mass is 16.5. The highest BCUT2D eigenvalue weighted by Crippen LogP contribution is 2.25. The van der Waals surface area contributed by atoms with Gasteiger partial charge in [-0.3, -0.25) is 4.79 Å². The van der Waals surface area contributed by atoms with Gasteiger partial charge in [0, 0.05) is 0 Å². The zero-order valence-electron chi connectivity index (χ0n) is 11.9. The lowest BCUT2D eigenvalue weighted by Gasteiger charge is -2.12. The van der Waals surface area contributed by atoms with Crippen molar-refractivity contribution in [3.63, 3.8) is 0 Å². The van der Waals surface area contributed by atoms with E-state index >= 15 is 0 Å². The van der Waals surface area contributed by atoms with Crippen LogP contribution in [0, 0.1) is 0 Å². The molecule has 0 bridgehead atoms. The van der Waals surface area contributed by atoms with Crippen LogP contribution in [0.25, 0.3) is 0 Å². The standard InChI is InChI=1S/C17H18O4/c1-2-20-17(19)12-16(18)13-7-6-10-15(11-13)21-14-8-4-3-5-9-14/h3-11,16,18H,2,12H2,1H3. The predicted molar refractivity (Wildman–Crippen MR) is 79.2 cm³/mol. The molecule has 0 aliphatic rings. The van der Waals surface area contributed by atoms with E-state index in [1.54, 1.807) is 31.2 Å². The third-order valence-electron chi connectivity index (χ3n) is 2.89. The van der Waals surface area contributed by atoms with E-state index in [4.69, 9.17) is 9.47 Å². The van der Waals surface area contributed by atoms with Gasteiger partial charge in [0.2, 0.25) is 0 Å². The minimum Gasteiger partial charge on any atom is -0.466 e. The monoisotopic (exact) mass is 286 g/mol. The number of hydrogen-bond acceptors (Lipinski definition) is 4. The van der Waals surface area contributed by atoms with Gasteiger partial charge < -0.3 is 14.6 Å². The number of rotatable bonds is 6. The van der Waals surface area contributed by atoms with Crippen molar-refractivity contribution in [2.24, 2.45) is 0 Å². The van der Waals surface area contributed by atoms with Gasteiger partial charge in [-0.05, 0) is 36.8 Å². The molecule has 4 heteroatoms. The number of hydrogen-bond donors (Lipinski definition) is 1. The Bertz CT molecular complexity index is 580. The lowest BCUT2D eigenvalue weighted by Crippen LogP contribution is -2.10. The van der Waals surface area contributed by atoms with Crippen molar-refractivity contribution in [1.82, 2.24) is 0 Å². The fraction of sp³-hybridized carbons (Fsp3) is 0.235. The lowest BCUT2D eigenvalue weighted by molar-refractivity contribution is -0.145. The average molecular weight is 286 g/mol. The van der Waals surface area contributed by atoms with Gasteiger partial charge in [0.05, 0.1) is 19.1 Å². The smallest absolute Gasteiger partial charge is 0.308 e. The molecule has 110 valence electrons. The van der Waals surface area contributed by atoms with E-state index in [9.17, 15) is 9.90 Å². The number of aliphatic hydroxyl groups is 1. The van der Waals surface area contributed by atoms with Crippen LogP contribution in [0.4, 0.5) is 0 Å². The molecule has 0 heterocycles. The lowest BCUT2D eigenvalue weighted by atomic mass is 10.1. The summed E-state index contributed by atoms with van der Waals surface area (Å²) in [5.41, 5.74) is 0.622. The molecule has 4 nitrogen and oxygen atoms in total. The summed E-state index contributed by atoms with van der Waals surface area (Å²) in [6.07, 6.45) is -0.966. The van der Waals surface area contributed by atoms with Crippen LogP contribution in [0.1, 0.15) is 25.0 Å². The van der Waals surface area contributed by atoms with Gasteiger partial charge in [-0.15, -0.1) is 0 Å². The first-order chi connectivity index (χ1) is 10.2. The molecule has 0 saturated heterocycles. The molecule has 0 radical (unpaired) electrons. The molecule has 1 unspecified atom stereocenters. The van der Waals surface area contributed by atoms with E-state index in [1.165, 1.54) is 0 Å². The maximum atomic E-state index is 11.4. The van der Waals surface area contributed by atoms with E-state index in [1.807, 2.05) is 30.3 Å². The summed E-state index contributed by atoms with van der Waals surface area (Å²) in [6.45, 7) is 2.04. The quantitative estimate of drug-likeness (QED) is 0.826. The van der Waals surface area contributed by atoms with Crippen LogP contribution in [-0.4, -0.2) is 17.7 Å². The molecular formula is C17H18O4. The summed E-state index contributed by atoms with van der Waals surface area (Å²) < 4.78 is 10.5. The Balaban J connectivity index is 2.05. The molecule has 0 amide bonds. The van der Waals surface area contributed by atoms with Crippen molar-refractivity contribution in [3.8, 4) is 11.5 Å². The third-order valence-corrected chi connectivity index (χ3v) is 2.89. The van der Waals surface area contributed by atoms with Crippen molar-refractivity contribution in [2.45, 2.75) is 19.4 Å². The second-order valence-electron chi connectivity index (χ2n) is 4.51. The van der Waals surface area contributed by atoms with Crippen LogP contribution in [0.2, 0.25) is 0 Å². The van der Waals surface area contributed by atoms with Crippen LogP contribution in [0.5, 0.6) is 11.5 Å². The number of carbonyl (C=O) groups is 1. The molecule has 1 atom stereocenters. The molecule has 21 heavy (non-hydrogen) atoms. The molecule has 2 aromatic carbocycles. The molecular weight excluding hydrogens is 268 g/mol. The second-order valence-corrected chi connectivity index (χ2v) is 4.51. The van der Waals surface area contributed by atoms with Gasteiger partial charge >= 0.3 is 5.97 Å². The maximum Gasteiger partial charge on any atom is 0.308 e. The molecule has 0 aliphatic heterocycles. The van der Waals surface area contributed by atoms with Crippen LogP contribution in [0.3, 0.4) is 0 Å². The molecule has 0 fully saturated rings. The molecule has 1 N–H and O–H groups in total. The predicted octanol–water partition coefficient (Wildman–Crippen LogP) is 3.47. The Hall–Kier alpha value is -2.33. The number of benzene rings is 2. The van der Waals surface area contributed by atoms with Crippen LogP contribution >= 0.6 is 0 Å². The number of aliphatic hydroxyl groups excluding tert-OH is 1. The van der Waals surface area contributed by atoms with E-state index < -0.39 is 12.1 Å². The van der Waals surface area contributed by atoms with E-state index in [0.717, 1.165) is 5.75 Å².